The lowest BCUT2D eigenvalue weighted by atomic mass is 10.1. The van der Waals surface area contributed by atoms with E-state index in [2.05, 4.69) is 79.8 Å². The van der Waals surface area contributed by atoms with E-state index in [4.69, 9.17) is 0 Å². The van der Waals surface area contributed by atoms with E-state index in [0.717, 1.165) is 21.9 Å². The molecule has 0 spiro atoms. The van der Waals surface area contributed by atoms with E-state index in [1.165, 1.54) is 10.4 Å². The maximum absolute atomic E-state index is 3.66. The normalized spacial score (nSPS) is 12.6. The van der Waals surface area contributed by atoms with Crippen LogP contribution in [0.5, 0.6) is 0 Å². The van der Waals surface area contributed by atoms with Crippen LogP contribution in [-0.4, -0.2) is 6.54 Å². The molecule has 1 nitrogen and oxygen atoms in total. The van der Waals surface area contributed by atoms with Crippen LogP contribution in [0.2, 0.25) is 0 Å². The Morgan fingerprint density at radius 1 is 1.28 bits per heavy atom. The third-order valence-electron chi connectivity index (χ3n) is 2.70. The molecule has 96 valence electrons. The Bertz CT molecular complexity index is 497. The highest BCUT2D eigenvalue weighted by Crippen LogP contribution is 2.32. The fourth-order valence-corrected chi connectivity index (χ4v) is 3.94. The molecule has 0 radical (unpaired) electrons. The smallest absolute Gasteiger partial charge is 0.0682 e. The second-order valence-electron chi connectivity index (χ2n) is 4.07. The lowest BCUT2D eigenvalue weighted by Gasteiger charge is -2.19. The molecule has 0 aliphatic rings. The van der Waals surface area contributed by atoms with Crippen molar-refractivity contribution in [3.8, 4) is 0 Å². The van der Waals surface area contributed by atoms with Crippen LogP contribution in [0.1, 0.15) is 29.8 Å². The molecule has 0 saturated heterocycles. The van der Waals surface area contributed by atoms with E-state index >= 15 is 0 Å². The summed E-state index contributed by atoms with van der Waals surface area (Å²) in [7, 11) is 0. The van der Waals surface area contributed by atoms with Crippen LogP contribution in [0.25, 0.3) is 0 Å². The molecule has 2 aromatic rings. The van der Waals surface area contributed by atoms with Gasteiger partial charge in [0.15, 0.2) is 0 Å². The summed E-state index contributed by atoms with van der Waals surface area (Å²) in [5.41, 5.74) is 1.29. The second-order valence-corrected chi connectivity index (χ2v) is 6.82. The van der Waals surface area contributed by atoms with Crippen LogP contribution in [0.15, 0.2) is 44.7 Å². The largest absolute Gasteiger partial charge is 0.306 e. The van der Waals surface area contributed by atoms with Gasteiger partial charge < -0.3 is 5.32 Å². The summed E-state index contributed by atoms with van der Waals surface area (Å²) < 4.78 is 2.23. The van der Waals surface area contributed by atoms with E-state index in [1.807, 2.05) is 0 Å². The van der Waals surface area contributed by atoms with Gasteiger partial charge in [-0.05, 0) is 42.1 Å². The molecule has 0 aliphatic heterocycles. The van der Waals surface area contributed by atoms with Gasteiger partial charge in [0.2, 0.25) is 0 Å². The first-order valence-corrected chi connectivity index (χ1v) is 8.40. The molecule has 1 unspecified atom stereocenters. The average molecular weight is 389 g/mol. The fourth-order valence-electron chi connectivity index (χ4n) is 1.84. The van der Waals surface area contributed by atoms with Crippen LogP contribution >= 0.6 is 43.2 Å². The Balaban J connectivity index is 2.33. The fraction of sp³-hybridized carbons (Fsp3) is 0.286. The summed E-state index contributed by atoms with van der Waals surface area (Å²) in [5.74, 6) is 0. The summed E-state index contributed by atoms with van der Waals surface area (Å²) in [6.45, 7) is 3.21. The molecule has 4 heteroatoms. The number of nitrogens with one attached hydrogen (secondary N) is 1. The summed E-state index contributed by atoms with van der Waals surface area (Å²) in [6, 6.07) is 10.9. The molecule has 0 bridgehead atoms. The molecular formula is C14H15Br2NS. The van der Waals surface area contributed by atoms with E-state index in [-0.39, 0.29) is 6.04 Å². The van der Waals surface area contributed by atoms with Crippen molar-refractivity contribution in [3.05, 3.63) is 55.1 Å². The average Bonchev–Trinajstić information content (AvgIpc) is 2.85. The van der Waals surface area contributed by atoms with Crippen molar-refractivity contribution in [2.75, 3.05) is 6.54 Å². The molecular weight excluding hydrogens is 374 g/mol. The maximum Gasteiger partial charge on any atom is 0.0682 e. The Hall–Kier alpha value is -0.160. The van der Waals surface area contributed by atoms with Crippen molar-refractivity contribution < 1.29 is 0 Å². The van der Waals surface area contributed by atoms with E-state index in [1.54, 1.807) is 11.3 Å². The first kappa shape index (κ1) is 14.3. The van der Waals surface area contributed by atoms with Gasteiger partial charge in [0, 0.05) is 13.8 Å². The molecule has 0 saturated carbocycles. The number of hydrogen-bond acceptors (Lipinski definition) is 2. The predicted molar refractivity (Wildman–Crippen MR) is 86.3 cm³/mol. The third kappa shape index (κ3) is 3.44. The highest BCUT2D eigenvalue weighted by molar-refractivity contribution is 9.11. The summed E-state index contributed by atoms with van der Waals surface area (Å²) in [4.78, 5) is 1.35. The van der Waals surface area contributed by atoms with Crippen molar-refractivity contribution in [2.24, 2.45) is 0 Å². The molecule has 0 fully saturated rings. The van der Waals surface area contributed by atoms with Gasteiger partial charge in [0.25, 0.3) is 0 Å². The van der Waals surface area contributed by atoms with Crippen LogP contribution in [0.3, 0.4) is 0 Å². The standard InChI is InChI=1S/C14H15Br2NS/c1-2-7-17-14(13-4-3-8-18-13)11-6-5-10(15)9-12(11)16/h3-6,8-9,14,17H,2,7H2,1H3. The summed E-state index contributed by atoms with van der Waals surface area (Å²) >= 11 is 8.95. The lowest BCUT2D eigenvalue weighted by molar-refractivity contribution is 0.604. The molecule has 1 heterocycles. The monoisotopic (exact) mass is 387 g/mol. The first-order valence-electron chi connectivity index (χ1n) is 5.94. The minimum absolute atomic E-state index is 0.271. The Labute approximate surface area is 129 Å². The van der Waals surface area contributed by atoms with Crippen LogP contribution in [0.4, 0.5) is 0 Å². The number of benzene rings is 1. The Morgan fingerprint density at radius 2 is 2.11 bits per heavy atom. The second kappa shape index (κ2) is 6.85. The Morgan fingerprint density at radius 3 is 2.72 bits per heavy atom. The van der Waals surface area contributed by atoms with Crippen LogP contribution in [-0.2, 0) is 0 Å². The zero-order chi connectivity index (χ0) is 13.0. The van der Waals surface area contributed by atoms with E-state index in [9.17, 15) is 0 Å². The molecule has 1 N–H and O–H groups in total. The Kier molecular flexibility index (Phi) is 5.42. The molecule has 18 heavy (non-hydrogen) atoms. The van der Waals surface area contributed by atoms with Gasteiger partial charge in [0.1, 0.15) is 0 Å². The zero-order valence-electron chi connectivity index (χ0n) is 10.1. The van der Waals surface area contributed by atoms with Crippen molar-refractivity contribution in [1.82, 2.24) is 5.32 Å². The number of thiophene rings is 1. The van der Waals surface area contributed by atoms with Gasteiger partial charge in [-0.2, -0.15) is 0 Å². The van der Waals surface area contributed by atoms with E-state index in [0.29, 0.717) is 0 Å². The number of rotatable bonds is 5. The minimum Gasteiger partial charge on any atom is -0.306 e. The van der Waals surface area contributed by atoms with E-state index < -0.39 is 0 Å². The molecule has 1 atom stereocenters. The SMILES string of the molecule is CCCNC(c1cccs1)c1ccc(Br)cc1Br. The topological polar surface area (TPSA) is 12.0 Å². The maximum atomic E-state index is 3.66. The first-order chi connectivity index (χ1) is 8.72. The quantitative estimate of drug-likeness (QED) is 0.726. The highest BCUT2D eigenvalue weighted by atomic mass is 79.9. The van der Waals surface area contributed by atoms with Gasteiger partial charge in [0.05, 0.1) is 6.04 Å². The lowest BCUT2D eigenvalue weighted by Crippen LogP contribution is -2.22. The van der Waals surface area contributed by atoms with Gasteiger partial charge in [-0.1, -0.05) is 50.9 Å². The minimum atomic E-state index is 0.271. The van der Waals surface area contributed by atoms with Crippen molar-refractivity contribution >= 4 is 43.2 Å². The zero-order valence-corrected chi connectivity index (χ0v) is 14.1. The van der Waals surface area contributed by atoms with Crippen molar-refractivity contribution in [3.63, 3.8) is 0 Å². The number of halogens is 2. The number of hydrogen-bond donors (Lipinski definition) is 1. The predicted octanol–water partition coefficient (Wildman–Crippen LogP) is 5.36. The van der Waals surface area contributed by atoms with Crippen LogP contribution in [0, 0.1) is 0 Å². The molecule has 1 aromatic heterocycles. The third-order valence-corrected chi connectivity index (χ3v) is 4.82. The summed E-state index contributed by atoms with van der Waals surface area (Å²) in [6.07, 6.45) is 1.13. The molecule has 1 aromatic carbocycles. The van der Waals surface area contributed by atoms with Gasteiger partial charge in [-0.15, -0.1) is 11.3 Å². The van der Waals surface area contributed by atoms with Crippen LogP contribution < -0.4 is 5.32 Å². The molecule has 2 rings (SSSR count). The van der Waals surface area contributed by atoms with Crippen molar-refractivity contribution in [1.29, 1.82) is 0 Å². The van der Waals surface area contributed by atoms with Gasteiger partial charge in [-0.3, -0.25) is 0 Å². The van der Waals surface area contributed by atoms with Gasteiger partial charge in [-0.25, -0.2) is 0 Å². The van der Waals surface area contributed by atoms with Crippen molar-refractivity contribution in [2.45, 2.75) is 19.4 Å². The van der Waals surface area contributed by atoms with Gasteiger partial charge >= 0.3 is 0 Å². The molecule has 0 amide bonds. The molecule has 0 aliphatic carbocycles. The summed E-state index contributed by atoms with van der Waals surface area (Å²) in [5, 5.41) is 5.74. The highest BCUT2D eigenvalue weighted by Gasteiger charge is 2.16.